The lowest BCUT2D eigenvalue weighted by Crippen LogP contribution is -2.06. The molecule has 3 aromatic rings. The van der Waals surface area contributed by atoms with E-state index in [4.69, 9.17) is 20.5 Å². The minimum atomic E-state index is 0.306. The Labute approximate surface area is 192 Å². The molecule has 0 aliphatic heterocycles. The summed E-state index contributed by atoms with van der Waals surface area (Å²) in [6.45, 7) is 4.28. The SMILES string of the molecule is Cc1cc(/C=C/C#N)cc(C)c1Oc1cc(NCCC#N)nc(Nc2ccc(C#N)cc2)n1. The van der Waals surface area contributed by atoms with E-state index in [9.17, 15) is 0 Å². The summed E-state index contributed by atoms with van der Waals surface area (Å²) in [5.41, 5.74) is 3.97. The van der Waals surface area contributed by atoms with Crippen molar-refractivity contribution < 1.29 is 4.74 Å². The quantitative estimate of drug-likeness (QED) is 0.357. The summed E-state index contributed by atoms with van der Waals surface area (Å²) >= 11 is 0. The summed E-state index contributed by atoms with van der Waals surface area (Å²) in [4.78, 5) is 8.93. The highest BCUT2D eigenvalue weighted by atomic mass is 16.5. The number of aryl methyl sites for hydroxylation is 2. The molecular formula is C25H21N7O. The number of hydrogen-bond acceptors (Lipinski definition) is 8. The van der Waals surface area contributed by atoms with Gasteiger partial charge in [-0.1, -0.05) is 0 Å². The van der Waals surface area contributed by atoms with Gasteiger partial charge in [0.25, 0.3) is 0 Å². The minimum Gasteiger partial charge on any atom is -0.438 e. The molecule has 0 amide bonds. The molecule has 8 nitrogen and oxygen atoms in total. The van der Waals surface area contributed by atoms with Crippen molar-refractivity contribution in [2.75, 3.05) is 17.2 Å². The zero-order valence-corrected chi connectivity index (χ0v) is 18.3. The Balaban J connectivity index is 1.91. The molecule has 2 aromatic carbocycles. The van der Waals surface area contributed by atoms with Gasteiger partial charge in [0.2, 0.25) is 11.8 Å². The highest BCUT2D eigenvalue weighted by Crippen LogP contribution is 2.31. The molecule has 1 aromatic heterocycles. The Morgan fingerprint density at radius 3 is 2.36 bits per heavy atom. The molecule has 0 unspecified atom stereocenters. The lowest BCUT2D eigenvalue weighted by Gasteiger charge is -2.15. The predicted molar refractivity (Wildman–Crippen MR) is 126 cm³/mol. The number of anilines is 3. The van der Waals surface area contributed by atoms with Crippen molar-refractivity contribution in [1.29, 1.82) is 15.8 Å². The van der Waals surface area contributed by atoms with Crippen LogP contribution in [0.25, 0.3) is 6.08 Å². The Hall–Kier alpha value is -4.87. The first-order valence-electron chi connectivity index (χ1n) is 10.1. The molecular weight excluding hydrogens is 414 g/mol. The van der Waals surface area contributed by atoms with Crippen LogP contribution in [0.1, 0.15) is 28.7 Å². The Morgan fingerprint density at radius 2 is 1.73 bits per heavy atom. The van der Waals surface area contributed by atoms with Gasteiger partial charge < -0.3 is 15.4 Å². The Kier molecular flexibility index (Phi) is 7.57. The van der Waals surface area contributed by atoms with E-state index in [0.717, 1.165) is 22.4 Å². The summed E-state index contributed by atoms with van der Waals surface area (Å²) in [5.74, 6) is 1.80. The molecule has 162 valence electrons. The summed E-state index contributed by atoms with van der Waals surface area (Å²) in [7, 11) is 0. The average molecular weight is 435 g/mol. The first kappa shape index (κ1) is 22.8. The second-order valence-corrected chi connectivity index (χ2v) is 7.11. The average Bonchev–Trinajstić information content (AvgIpc) is 2.81. The summed E-state index contributed by atoms with van der Waals surface area (Å²) < 4.78 is 6.13. The largest absolute Gasteiger partial charge is 0.438 e. The fourth-order valence-corrected chi connectivity index (χ4v) is 3.11. The fourth-order valence-electron chi connectivity index (χ4n) is 3.11. The van der Waals surface area contributed by atoms with Gasteiger partial charge in [-0.15, -0.1) is 0 Å². The molecule has 0 bridgehead atoms. The molecule has 0 spiro atoms. The molecule has 0 saturated heterocycles. The van der Waals surface area contributed by atoms with Gasteiger partial charge in [-0.3, -0.25) is 0 Å². The Morgan fingerprint density at radius 1 is 1.00 bits per heavy atom. The maximum absolute atomic E-state index is 8.98. The van der Waals surface area contributed by atoms with Crippen LogP contribution in [0.2, 0.25) is 0 Å². The van der Waals surface area contributed by atoms with Crippen molar-refractivity contribution in [3.8, 4) is 29.8 Å². The predicted octanol–water partition coefficient (Wildman–Crippen LogP) is 5.36. The molecule has 0 fully saturated rings. The van der Waals surface area contributed by atoms with E-state index in [0.29, 0.717) is 41.9 Å². The van der Waals surface area contributed by atoms with Crippen LogP contribution in [0, 0.1) is 47.8 Å². The van der Waals surface area contributed by atoms with E-state index in [1.165, 1.54) is 6.08 Å². The normalized spacial score (nSPS) is 10.2. The van der Waals surface area contributed by atoms with Gasteiger partial charge in [-0.25, -0.2) is 0 Å². The lowest BCUT2D eigenvalue weighted by atomic mass is 10.1. The number of nitrogens with zero attached hydrogens (tertiary/aromatic N) is 5. The minimum absolute atomic E-state index is 0.306. The van der Waals surface area contributed by atoms with E-state index >= 15 is 0 Å². The second kappa shape index (κ2) is 10.9. The van der Waals surface area contributed by atoms with Crippen LogP contribution in [-0.2, 0) is 0 Å². The highest BCUT2D eigenvalue weighted by molar-refractivity contribution is 5.59. The van der Waals surface area contributed by atoms with Gasteiger partial charge >= 0.3 is 0 Å². The number of nitriles is 3. The van der Waals surface area contributed by atoms with Crippen molar-refractivity contribution in [2.45, 2.75) is 20.3 Å². The molecule has 3 rings (SSSR count). The molecule has 0 atom stereocenters. The van der Waals surface area contributed by atoms with Crippen LogP contribution in [0.5, 0.6) is 11.6 Å². The number of hydrogen-bond donors (Lipinski definition) is 2. The second-order valence-electron chi connectivity index (χ2n) is 7.11. The summed E-state index contributed by atoms with van der Waals surface area (Å²) in [5, 5.41) is 32.8. The van der Waals surface area contributed by atoms with Crippen LogP contribution < -0.4 is 15.4 Å². The topological polar surface area (TPSA) is 130 Å². The fraction of sp³-hybridized carbons (Fsp3) is 0.160. The van der Waals surface area contributed by atoms with Crippen LogP contribution in [-0.4, -0.2) is 16.5 Å². The molecule has 0 saturated carbocycles. The van der Waals surface area contributed by atoms with Crippen molar-refractivity contribution in [2.24, 2.45) is 0 Å². The number of rotatable bonds is 8. The highest BCUT2D eigenvalue weighted by Gasteiger charge is 2.12. The van der Waals surface area contributed by atoms with Crippen molar-refractivity contribution in [1.82, 2.24) is 9.97 Å². The van der Waals surface area contributed by atoms with Crippen molar-refractivity contribution >= 4 is 23.5 Å². The standard InChI is InChI=1S/C25H21N7O/c1-17-13-20(5-3-10-26)14-18(2)24(17)33-23-15-22(29-12-4-11-27)31-25(32-23)30-21-8-6-19(16-28)7-9-21/h3,5-9,13-15H,4,12H2,1-2H3,(H2,29,30,31,32)/b5-3+. The van der Waals surface area contributed by atoms with Gasteiger partial charge in [-0.05, 0) is 73.0 Å². The Bertz CT molecular complexity index is 1270. The van der Waals surface area contributed by atoms with Gasteiger partial charge in [0.05, 0.1) is 30.2 Å². The molecule has 1 heterocycles. The number of aromatic nitrogens is 2. The maximum Gasteiger partial charge on any atom is 0.232 e. The molecule has 8 heteroatoms. The molecule has 33 heavy (non-hydrogen) atoms. The third-order valence-electron chi connectivity index (χ3n) is 4.56. The molecule has 0 aliphatic rings. The summed E-state index contributed by atoms with van der Waals surface area (Å²) in [6.07, 6.45) is 3.50. The van der Waals surface area contributed by atoms with Gasteiger partial charge in [0.15, 0.2) is 0 Å². The molecule has 0 aliphatic carbocycles. The third-order valence-corrected chi connectivity index (χ3v) is 4.56. The van der Waals surface area contributed by atoms with Crippen molar-refractivity contribution in [3.05, 3.63) is 70.8 Å². The van der Waals surface area contributed by atoms with Crippen LogP contribution >= 0.6 is 0 Å². The van der Waals surface area contributed by atoms with Crippen LogP contribution in [0.15, 0.2) is 48.5 Å². The number of nitrogens with one attached hydrogen (secondary N) is 2. The van der Waals surface area contributed by atoms with E-state index in [2.05, 4.69) is 32.7 Å². The van der Waals surface area contributed by atoms with E-state index < -0.39 is 0 Å². The van der Waals surface area contributed by atoms with Crippen LogP contribution in [0.3, 0.4) is 0 Å². The van der Waals surface area contributed by atoms with Crippen molar-refractivity contribution in [3.63, 3.8) is 0 Å². The first-order chi connectivity index (χ1) is 16.0. The van der Waals surface area contributed by atoms with Gasteiger partial charge in [-0.2, -0.15) is 25.8 Å². The first-order valence-corrected chi connectivity index (χ1v) is 10.1. The number of allylic oxidation sites excluding steroid dienone is 1. The number of benzene rings is 2. The van der Waals surface area contributed by atoms with E-state index in [-0.39, 0.29) is 0 Å². The zero-order chi connectivity index (χ0) is 23.6. The third kappa shape index (κ3) is 6.30. The monoisotopic (exact) mass is 435 g/mol. The van der Waals surface area contributed by atoms with Gasteiger partial charge in [0, 0.05) is 24.4 Å². The van der Waals surface area contributed by atoms with E-state index in [1.807, 2.05) is 32.0 Å². The smallest absolute Gasteiger partial charge is 0.232 e. The van der Waals surface area contributed by atoms with Crippen LogP contribution in [0.4, 0.5) is 17.5 Å². The number of ether oxygens (including phenoxy) is 1. The molecule has 0 radical (unpaired) electrons. The van der Waals surface area contributed by atoms with E-state index in [1.54, 1.807) is 36.4 Å². The lowest BCUT2D eigenvalue weighted by molar-refractivity contribution is 0.456. The molecule has 2 N–H and O–H groups in total. The van der Waals surface area contributed by atoms with Gasteiger partial charge in [0.1, 0.15) is 11.6 Å². The zero-order valence-electron chi connectivity index (χ0n) is 18.3. The summed E-state index contributed by atoms with van der Waals surface area (Å²) in [6, 6.07) is 18.6. The maximum atomic E-state index is 8.98.